The van der Waals surface area contributed by atoms with E-state index in [1.54, 1.807) is 31.3 Å². The maximum atomic E-state index is 12.3. The van der Waals surface area contributed by atoms with Crippen molar-refractivity contribution < 1.29 is 13.2 Å². The fourth-order valence-corrected chi connectivity index (χ4v) is 3.31. The second-order valence-corrected chi connectivity index (χ2v) is 7.42. The van der Waals surface area contributed by atoms with E-state index in [1.165, 1.54) is 17.1 Å². The summed E-state index contributed by atoms with van der Waals surface area (Å²) in [4.78, 5) is 0.307. The van der Waals surface area contributed by atoms with Gasteiger partial charge in [0, 0.05) is 26.2 Å². The Morgan fingerprint density at radius 2 is 1.95 bits per heavy atom. The molecule has 2 rings (SSSR count). The van der Waals surface area contributed by atoms with E-state index in [-0.39, 0.29) is 0 Å². The lowest BCUT2D eigenvalue weighted by atomic mass is 10.3. The van der Waals surface area contributed by atoms with Crippen molar-refractivity contribution in [1.29, 1.82) is 0 Å². The van der Waals surface area contributed by atoms with Crippen molar-refractivity contribution in [2.45, 2.75) is 37.1 Å². The van der Waals surface area contributed by atoms with Gasteiger partial charge >= 0.3 is 0 Å². The molecule has 0 atom stereocenters. The van der Waals surface area contributed by atoms with Gasteiger partial charge in [0.2, 0.25) is 10.0 Å². The molecule has 1 aliphatic rings. The number of sulfonamides is 1. The molecule has 1 aliphatic carbocycles. The minimum atomic E-state index is -3.38. The number of hydrogen-bond acceptors (Lipinski definition) is 4. The van der Waals surface area contributed by atoms with Crippen molar-refractivity contribution in [1.82, 2.24) is 9.62 Å². The predicted molar refractivity (Wildman–Crippen MR) is 83.1 cm³/mol. The molecule has 5 nitrogen and oxygen atoms in total. The molecule has 21 heavy (non-hydrogen) atoms. The van der Waals surface area contributed by atoms with Crippen molar-refractivity contribution >= 4 is 10.0 Å². The van der Waals surface area contributed by atoms with Crippen LogP contribution < -0.4 is 10.1 Å². The Morgan fingerprint density at radius 1 is 1.29 bits per heavy atom. The van der Waals surface area contributed by atoms with E-state index in [9.17, 15) is 8.42 Å². The summed E-state index contributed by atoms with van der Waals surface area (Å²) in [6.45, 7) is 3.90. The average Bonchev–Trinajstić information content (AvgIpc) is 3.28. The second kappa shape index (κ2) is 7.24. The molecule has 0 aliphatic heterocycles. The zero-order valence-corrected chi connectivity index (χ0v) is 13.5. The fourth-order valence-electron chi connectivity index (χ4n) is 2.04. The summed E-state index contributed by atoms with van der Waals surface area (Å²) in [5.74, 6) is 0.699. The van der Waals surface area contributed by atoms with Gasteiger partial charge in [0.15, 0.2) is 0 Å². The van der Waals surface area contributed by atoms with Crippen LogP contribution in [0.3, 0.4) is 0 Å². The number of benzene rings is 1. The Balaban J connectivity index is 1.88. The standard InChI is InChI=1S/C15H24N2O3S/c1-3-11-17(2)21(18,19)15-8-6-14(7-9-15)20-12-10-16-13-4-5-13/h6-9,13,16H,3-5,10-12H2,1-2H3. The number of rotatable bonds is 9. The first-order valence-corrected chi connectivity index (χ1v) is 8.90. The third-order valence-corrected chi connectivity index (χ3v) is 5.32. The van der Waals surface area contributed by atoms with Crippen molar-refractivity contribution in [3.05, 3.63) is 24.3 Å². The molecule has 0 spiro atoms. The van der Waals surface area contributed by atoms with E-state index < -0.39 is 10.0 Å². The highest BCUT2D eigenvalue weighted by Gasteiger charge is 2.20. The van der Waals surface area contributed by atoms with Gasteiger partial charge in [0.25, 0.3) is 0 Å². The molecule has 1 saturated carbocycles. The molecular weight excluding hydrogens is 288 g/mol. The van der Waals surface area contributed by atoms with Gasteiger partial charge in [-0.05, 0) is 43.5 Å². The highest BCUT2D eigenvalue weighted by molar-refractivity contribution is 7.89. The molecule has 0 heterocycles. The van der Waals surface area contributed by atoms with Crippen LogP contribution >= 0.6 is 0 Å². The summed E-state index contributed by atoms with van der Waals surface area (Å²) in [5.41, 5.74) is 0. The van der Waals surface area contributed by atoms with Gasteiger partial charge in [-0.1, -0.05) is 6.92 Å². The van der Waals surface area contributed by atoms with Gasteiger partial charge in [0.1, 0.15) is 12.4 Å². The van der Waals surface area contributed by atoms with Crippen LogP contribution in [-0.2, 0) is 10.0 Å². The van der Waals surface area contributed by atoms with E-state index >= 15 is 0 Å². The zero-order valence-electron chi connectivity index (χ0n) is 12.7. The molecule has 6 heteroatoms. The van der Waals surface area contributed by atoms with E-state index in [2.05, 4.69) is 5.32 Å². The summed E-state index contributed by atoms with van der Waals surface area (Å²) in [7, 11) is -1.78. The van der Waals surface area contributed by atoms with Crippen LogP contribution in [0.1, 0.15) is 26.2 Å². The summed E-state index contributed by atoms with van der Waals surface area (Å²) in [6.07, 6.45) is 3.32. The number of nitrogens with one attached hydrogen (secondary N) is 1. The van der Waals surface area contributed by atoms with Crippen LogP contribution in [0.4, 0.5) is 0 Å². The van der Waals surface area contributed by atoms with Crippen LogP contribution in [0.15, 0.2) is 29.2 Å². The molecule has 1 fully saturated rings. The minimum absolute atomic E-state index is 0.307. The summed E-state index contributed by atoms with van der Waals surface area (Å²) >= 11 is 0. The van der Waals surface area contributed by atoms with Gasteiger partial charge in [0.05, 0.1) is 4.90 Å². The minimum Gasteiger partial charge on any atom is -0.492 e. The average molecular weight is 312 g/mol. The zero-order chi connectivity index (χ0) is 15.3. The quantitative estimate of drug-likeness (QED) is 0.707. The number of hydrogen-bond donors (Lipinski definition) is 1. The maximum Gasteiger partial charge on any atom is 0.242 e. The Labute approximate surface area is 127 Å². The molecule has 118 valence electrons. The van der Waals surface area contributed by atoms with Crippen LogP contribution in [0.25, 0.3) is 0 Å². The summed E-state index contributed by atoms with van der Waals surface area (Å²) in [6, 6.07) is 7.30. The molecule has 0 saturated heterocycles. The van der Waals surface area contributed by atoms with Crippen LogP contribution in [0.2, 0.25) is 0 Å². The Bertz CT molecular complexity index is 539. The molecule has 1 aromatic carbocycles. The monoisotopic (exact) mass is 312 g/mol. The summed E-state index contributed by atoms with van der Waals surface area (Å²) in [5, 5.41) is 3.36. The first-order valence-electron chi connectivity index (χ1n) is 7.46. The lowest BCUT2D eigenvalue weighted by Gasteiger charge is -2.16. The van der Waals surface area contributed by atoms with Gasteiger partial charge < -0.3 is 10.1 Å². The van der Waals surface area contributed by atoms with Crippen LogP contribution in [0.5, 0.6) is 5.75 Å². The van der Waals surface area contributed by atoms with E-state index in [0.717, 1.165) is 13.0 Å². The van der Waals surface area contributed by atoms with Crippen LogP contribution in [-0.4, -0.2) is 45.5 Å². The molecule has 0 amide bonds. The third kappa shape index (κ3) is 4.69. The molecule has 0 bridgehead atoms. The highest BCUT2D eigenvalue weighted by Crippen LogP contribution is 2.20. The van der Waals surface area contributed by atoms with E-state index in [1.807, 2.05) is 6.92 Å². The Morgan fingerprint density at radius 3 is 2.52 bits per heavy atom. The van der Waals surface area contributed by atoms with E-state index in [0.29, 0.717) is 29.8 Å². The van der Waals surface area contributed by atoms with Crippen LogP contribution in [0, 0.1) is 0 Å². The number of nitrogens with zero attached hydrogens (tertiary/aromatic N) is 1. The smallest absolute Gasteiger partial charge is 0.242 e. The number of ether oxygens (including phenoxy) is 1. The highest BCUT2D eigenvalue weighted by atomic mass is 32.2. The maximum absolute atomic E-state index is 12.3. The first-order chi connectivity index (χ1) is 10.0. The lowest BCUT2D eigenvalue weighted by Crippen LogP contribution is -2.27. The van der Waals surface area contributed by atoms with Crippen molar-refractivity contribution in [3.8, 4) is 5.75 Å². The molecule has 1 aromatic rings. The first kappa shape index (κ1) is 16.3. The summed E-state index contributed by atoms with van der Waals surface area (Å²) < 4.78 is 31.5. The van der Waals surface area contributed by atoms with Crippen molar-refractivity contribution in [3.63, 3.8) is 0 Å². The topological polar surface area (TPSA) is 58.6 Å². The van der Waals surface area contributed by atoms with Crippen molar-refractivity contribution in [2.24, 2.45) is 0 Å². The SMILES string of the molecule is CCCN(C)S(=O)(=O)c1ccc(OCCNC2CC2)cc1. The molecule has 0 unspecified atom stereocenters. The Kier molecular flexibility index (Phi) is 5.61. The lowest BCUT2D eigenvalue weighted by molar-refractivity contribution is 0.313. The molecule has 0 aromatic heterocycles. The van der Waals surface area contributed by atoms with Gasteiger partial charge in [-0.25, -0.2) is 12.7 Å². The molecule has 0 radical (unpaired) electrons. The van der Waals surface area contributed by atoms with E-state index in [4.69, 9.17) is 4.74 Å². The van der Waals surface area contributed by atoms with Crippen molar-refractivity contribution in [2.75, 3.05) is 26.7 Å². The normalized spacial score (nSPS) is 15.4. The van der Waals surface area contributed by atoms with Gasteiger partial charge in [-0.3, -0.25) is 0 Å². The third-order valence-electron chi connectivity index (χ3n) is 3.45. The fraction of sp³-hybridized carbons (Fsp3) is 0.600. The van der Waals surface area contributed by atoms with Gasteiger partial charge in [-0.2, -0.15) is 0 Å². The predicted octanol–water partition coefficient (Wildman–Crippen LogP) is 1.85. The second-order valence-electron chi connectivity index (χ2n) is 5.37. The largest absolute Gasteiger partial charge is 0.492 e. The molecule has 1 N–H and O–H groups in total. The van der Waals surface area contributed by atoms with Gasteiger partial charge in [-0.15, -0.1) is 0 Å². The Hall–Kier alpha value is -1.11. The molecular formula is C15H24N2O3S.